The number of carbonyl (C=O) groups excluding carboxylic acids is 1. The third-order valence-electron chi connectivity index (χ3n) is 2.94. The molecule has 3 nitrogen and oxygen atoms in total. The Kier molecular flexibility index (Phi) is 6.65. The summed E-state index contributed by atoms with van der Waals surface area (Å²) in [4.78, 5) is 13.7. The second-order valence-corrected chi connectivity index (χ2v) is 4.23. The van der Waals surface area contributed by atoms with Crippen LogP contribution in [0.5, 0.6) is 0 Å². The van der Waals surface area contributed by atoms with E-state index in [1.807, 2.05) is 36.1 Å². The molecule has 0 amide bonds. The highest BCUT2D eigenvalue weighted by atomic mass is 16.5. The van der Waals surface area contributed by atoms with Crippen molar-refractivity contribution in [3.8, 4) is 0 Å². The highest BCUT2D eigenvalue weighted by molar-refractivity contribution is 5.71. The maximum Gasteiger partial charge on any atom is 0.320 e. The van der Waals surface area contributed by atoms with Gasteiger partial charge in [0.15, 0.2) is 0 Å². The maximum absolute atomic E-state index is 11.6. The van der Waals surface area contributed by atoms with E-state index in [9.17, 15) is 4.79 Å². The fraction of sp³-hybridized carbons (Fsp3) is 0.375. The average Bonchev–Trinajstić information content (AvgIpc) is 2.44. The lowest BCUT2D eigenvalue weighted by Gasteiger charge is -2.27. The molecule has 0 fully saturated rings. The predicted molar refractivity (Wildman–Crippen MR) is 76.8 cm³/mol. The summed E-state index contributed by atoms with van der Waals surface area (Å²) < 4.78 is 5.01. The van der Waals surface area contributed by atoms with E-state index in [-0.39, 0.29) is 18.6 Å². The molecule has 0 heterocycles. The van der Waals surface area contributed by atoms with Gasteiger partial charge < -0.3 is 4.74 Å². The van der Waals surface area contributed by atoms with Crippen LogP contribution in [0.2, 0.25) is 0 Å². The molecule has 3 heteroatoms. The minimum atomic E-state index is -0.206. The van der Waals surface area contributed by atoms with E-state index in [1.54, 1.807) is 0 Å². The molecule has 1 atom stereocenters. The monoisotopic (exact) mass is 259 g/mol. The first-order valence-electron chi connectivity index (χ1n) is 6.48. The molecule has 0 aromatic heterocycles. The van der Waals surface area contributed by atoms with Crippen LogP contribution >= 0.6 is 0 Å². The summed E-state index contributed by atoms with van der Waals surface area (Å²) in [6.45, 7) is 8.74. The van der Waals surface area contributed by atoms with E-state index in [2.05, 4.69) is 31.4 Å². The zero-order chi connectivity index (χ0) is 14.1. The summed E-state index contributed by atoms with van der Waals surface area (Å²) in [5.41, 5.74) is 3.91. The molecule has 0 radical (unpaired) electrons. The third kappa shape index (κ3) is 5.12. The Morgan fingerprint density at radius 1 is 1.47 bits per heavy atom. The number of benzene rings is 1. The smallest absolute Gasteiger partial charge is 0.320 e. The first-order valence-corrected chi connectivity index (χ1v) is 6.48. The quantitative estimate of drug-likeness (QED) is 0.557. The van der Waals surface area contributed by atoms with Gasteiger partial charge in [0.25, 0.3) is 0 Å². The second-order valence-electron chi connectivity index (χ2n) is 4.23. The van der Waals surface area contributed by atoms with Crippen molar-refractivity contribution in [2.45, 2.75) is 19.9 Å². The lowest BCUT2D eigenvalue weighted by Crippen LogP contribution is -2.33. The van der Waals surface area contributed by atoms with Crippen molar-refractivity contribution in [1.29, 1.82) is 0 Å². The van der Waals surface area contributed by atoms with Gasteiger partial charge in [0.1, 0.15) is 0 Å². The lowest BCUT2D eigenvalue weighted by molar-refractivity contribution is -0.144. The van der Waals surface area contributed by atoms with Crippen LogP contribution in [0.25, 0.3) is 0 Å². The molecule has 1 aromatic rings. The van der Waals surface area contributed by atoms with Crippen LogP contribution in [-0.4, -0.2) is 30.6 Å². The van der Waals surface area contributed by atoms with E-state index < -0.39 is 0 Å². The van der Waals surface area contributed by atoms with Crippen molar-refractivity contribution in [3.63, 3.8) is 0 Å². The molecule has 0 aliphatic carbocycles. The Bertz CT molecular complexity index is 435. The summed E-state index contributed by atoms with van der Waals surface area (Å²) in [5.74, 6) is -0.206. The van der Waals surface area contributed by atoms with E-state index in [0.29, 0.717) is 13.2 Å². The van der Waals surface area contributed by atoms with Gasteiger partial charge >= 0.3 is 5.97 Å². The predicted octanol–water partition coefficient (Wildman–Crippen LogP) is 2.95. The molecule has 0 unspecified atom stereocenters. The minimum Gasteiger partial charge on any atom is -0.465 e. The normalized spacial score (nSPS) is 11.7. The van der Waals surface area contributed by atoms with Crippen LogP contribution in [0.4, 0.5) is 0 Å². The SMILES string of the molecule is C=C=CCN(CC(=O)OCC)[C@@H](C)c1ccccc1. The first kappa shape index (κ1) is 15.2. The molecule has 0 N–H and O–H groups in total. The standard InChI is InChI=1S/C16H21NO2/c1-4-6-12-17(13-16(18)19-5-2)14(3)15-10-8-7-9-11-15/h6-11,14H,1,5,12-13H2,2-3H3/t14-/m0/s1. The number of ether oxygens (including phenoxy) is 1. The zero-order valence-electron chi connectivity index (χ0n) is 11.6. The highest BCUT2D eigenvalue weighted by Gasteiger charge is 2.18. The minimum absolute atomic E-state index is 0.134. The topological polar surface area (TPSA) is 29.5 Å². The van der Waals surface area contributed by atoms with Crippen LogP contribution in [0.15, 0.2) is 48.7 Å². The van der Waals surface area contributed by atoms with Gasteiger partial charge in [-0.2, -0.15) is 0 Å². The van der Waals surface area contributed by atoms with Crippen molar-refractivity contribution in [1.82, 2.24) is 4.90 Å². The molecule has 0 saturated heterocycles. The largest absolute Gasteiger partial charge is 0.465 e. The molecule has 0 aliphatic heterocycles. The van der Waals surface area contributed by atoms with Gasteiger partial charge in [-0.1, -0.05) is 36.9 Å². The molecule has 0 aliphatic rings. The Hall–Kier alpha value is -1.83. The van der Waals surface area contributed by atoms with Crippen molar-refractivity contribution in [2.24, 2.45) is 0 Å². The number of carbonyl (C=O) groups is 1. The van der Waals surface area contributed by atoms with Crippen molar-refractivity contribution in [3.05, 3.63) is 54.3 Å². The fourth-order valence-corrected chi connectivity index (χ4v) is 1.86. The summed E-state index contributed by atoms with van der Waals surface area (Å²) in [6.07, 6.45) is 1.82. The van der Waals surface area contributed by atoms with Gasteiger partial charge in [0.2, 0.25) is 0 Å². The van der Waals surface area contributed by atoms with Crippen molar-refractivity contribution < 1.29 is 9.53 Å². The Morgan fingerprint density at radius 2 is 2.16 bits per heavy atom. The van der Waals surface area contributed by atoms with Gasteiger partial charge in [-0.25, -0.2) is 0 Å². The lowest BCUT2D eigenvalue weighted by atomic mass is 10.1. The van der Waals surface area contributed by atoms with E-state index in [1.165, 1.54) is 5.56 Å². The Morgan fingerprint density at radius 3 is 2.74 bits per heavy atom. The van der Waals surface area contributed by atoms with Crippen LogP contribution in [-0.2, 0) is 9.53 Å². The van der Waals surface area contributed by atoms with E-state index in [4.69, 9.17) is 4.74 Å². The molecule has 0 spiro atoms. The fourth-order valence-electron chi connectivity index (χ4n) is 1.86. The van der Waals surface area contributed by atoms with E-state index >= 15 is 0 Å². The molecule has 1 aromatic carbocycles. The number of hydrogen-bond donors (Lipinski definition) is 0. The summed E-state index contributed by atoms with van der Waals surface area (Å²) in [6, 6.07) is 10.2. The molecule has 19 heavy (non-hydrogen) atoms. The second kappa shape index (κ2) is 8.30. The Balaban J connectivity index is 2.78. The average molecular weight is 259 g/mol. The van der Waals surface area contributed by atoms with Gasteiger partial charge in [-0.3, -0.25) is 9.69 Å². The maximum atomic E-state index is 11.6. The van der Waals surface area contributed by atoms with Crippen LogP contribution in [0.3, 0.4) is 0 Å². The zero-order valence-corrected chi connectivity index (χ0v) is 11.6. The number of nitrogens with zero attached hydrogens (tertiary/aromatic N) is 1. The van der Waals surface area contributed by atoms with Gasteiger partial charge in [0.05, 0.1) is 13.2 Å². The number of rotatable bonds is 7. The molecule has 102 valence electrons. The van der Waals surface area contributed by atoms with Crippen LogP contribution in [0, 0.1) is 0 Å². The molecule has 1 rings (SSSR count). The Labute approximate surface area is 115 Å². The first-order chi connectivity index (χ1) is 9.19. The van der Waals surface area contributed by atoms with Gasteiger partial charge in [-0.15, -0.1) is 5.73 Å². The molecule has 0 saturated carbocycles. The van der Waals surface area contributed by atoms with Crippen LogP contribution in [0.1, 0.15) is 25.5 Å². The van der Waals surface area contributed by atoms with Crippen molar-refractivity contribution >= 4 is 5.97 Å². The number of esters is 1. The summed E-state index contributed by atoms with van der Waals surface area (Å²) in [7, 11) is 0. The van der Waals surface area contributed by atoms with Gasteiger partial charge in [0, 0.05) is 12.6 Å². The highest BCUT2D eigenvalue weighted by Crippen LogP contribution is 2.19. The third-order valence-corrected chi connectivity index (χ3v) is 2.94. The van der Waals surface area contributed by atoms with E-state index in [0.717, 1.165) is 0 Å². The molecular weight excluding hydrogens is 238 g/mol. The summed E-state index contributed by atoms with van der Waals surface area (Å²) in [5, 5.41) is 0. The van der Waals surface area contributed by atoms with Gasteiger partial charge in [-0.05, 0) is 25.5 Å². The van der Waals surface area contributed by atoms with Crippen LogP contribution < -0.4 is 0 Å². The summed E-state index contributed by atoms with van der Waals surface area (Å²) >= 11 is 0. The molecular formula is C16H21NO2. The van der Waals surface area contributed by atoms with Crippen molar-refractivity contribution in [2.75, 3.05) is 19.7 Å². The molecule has 0 bridgehead atoms. The number of hydrogen-bond acceptors (Lipinski definition) is 3.